The molecule has 1 aliphatic heterocycles. The Morgan fingerprint density at radius 2 is 1.69 bits per heavy atom. The van der Waals surface area contributed by atoms with E-state index in [0.717, 1.165) is 38.3 Å². The van der Waals surface area contributed by atoms with Gasteiger partial charge in [0, 0.05) is 43.5 Å². The van der Waals surface area contributed by atoms with Crippen molar-refractivity contribution in [1.82, 2.24) is 9.80 Å². The Hall–Kier alpha value is -3.14. The fraction of sp³-hybridized carbons (Fsp3) is 0.611. The van der Waals surface area contributed by atoms with Gasteiger partial charge < -0.3 is 35.0 Å². The second-order valence-electron chi connectivity index (χ2n) is 13.2. The van der Waals surface area contributed by atoms with Crippen molar-refractivity contribution in [2.45, 2.75) is 90.4 Å². The van der Waals surface area contributed by atoms with Crippen LogP contribution in [0.25, 0.3) is 0 Å². The molecule has 4 atom stereocenters. The molecule has 1 aliphatic carbocycles. The maximum atomic E-state index is 14.3. The number of likely N-dealkylation sites (N-methyl/N-ethyl adjacent to an activating group) is 1. The standard InChI is InChI=1S/C36H54N4O5/c1-26-22-40(27(2)25-41)35(42)32-21-31(38-36(43)37-30-16-9-6-10-17-30)18-19-33(32)45-28(3)13-11-12-20-44-34(26)24-39(4)23-29-14-7-5-8-15-29/h6,9-10,16-19,21,26-29,34,41H,5,7-8,11-15,20,22-25H2,1-4H3,(H2,37,38,43)/t26-,27+,28+,34-/m0/s1. The van der Waals surface area contributed by atoms with Gasteiger partial charge in [-0.15, -0.1) is 0 Å². The van der Waals surface area contributed by atoms with Crippen molar-refractivity contribution >= 4 is 23.3 Å². The Kier molecular flexibility index (Phi) is 13.5. The van der Waals surface area contributed by atoms with Gasteiger partial charge >= 0.3 is 6.03 Å². The molecule has 9 heteroatoms. The molecule has 0 bridgehead atoms. The lowest BCUT2D eigenvalue weighted by atomic mass is 9.89. The van der Waals surface area contributed by atoms with Crippen LogP contribution in [-0.4, -0.2) is 85.0 Å². The number of hydrogen-bond acceptors (Lipinski definition) is 6. The molecule has 4 rings (SSSR count). The molecule has 45 heavy (non-hydrogen) atoms. The highest BCUT2D eigenvalue weighted by molar-refractivity contribution is 6.02. The highest BCUT2D eigenvalue weighted by atomic mass is 16.5. The monoisotopic (exact) mass is 622 g/mol. The minimum atomic E-state index is -0.420. The number of ether oxygens (including phenoxy) is 2. The van der Waals surface area contributed by atoms with Gasteiger partial charge in [-0.25, -0.2) is 4.79 Å². The molecule has 9 nitrogen and oxygen atoms in total. The summed E-state index contributed by atoms with van der Waals surface area (Å²) >= 11 is 0. The molecule has 3 amide bonds. The molecule has 248 valence electrons. The molecule has 0 radical (unpaired) electrons. The number of para-hydroxylation sites is 1. The smallest absolute Gasteiger partial charge is 0.323 e. The van der Waals surface area contributed by atoms with Crippen molar-refractivity contribution in [3.63, 3.8) is 0 Å². The van der Waals surface area contributed by atoms with Crippen molar-refractivity contribution in [3.05, 3.63) is 54.1 Å². The fourth-order valence-electron chi connectivity index (χ4n) is 6.47. The van der Waals surface area contributed by atoms with Crippen LogP contribution in [-0.2, 0) is 4.74 Å². The van der Waals surface area contributed by atoms with E-state index in [4.69, 9.17) is 9.47 Å². The zero-order valence-electron chi connectivity index (χ0n) is 27.7. The van der Waals surface area contributed by atoms with Crippen LogP contribution in [0, 0.1) is 11.8 Å². The maximum Gasteiger partial charge on any atom is 0.323 e. The van der Waals surface area contributed by atoms with Crippen LogP contribution in [0.1, 0.15) is 82.5 Å². The first kappa shape index (κ1) is 34.7. The maximum absolute atomic E-state index is 14.3. The molecule has 2 aliphatic rings. The first-order chi connectivity index (χ1) is 21.7. The molecule has 1 fully saturated rings. The molecular weight excluding hydrogens is 568 g/mol. The third-order valence-electron chi connectivity index (χ3n) is 9.13. The summed E-state index contributed by atoms with van der Waals surface area (Å²) in [6, 6.07) is 13.5. The normalized spacial score (nSPS) is 23.0. The van der Waals surface area contributed by atoms with E-state index in [0.29, 0.717) is 35.8 Å². The summed E-state index contributed by atoms with van der Waals surface area (Å²) in [6.07, 6.45) is 9.15. The van der Waals surface area contributed by atoms with Crippen molar-refractivity contribution in [3.8, 4) is 5.75 Å². The van der Waals surface area contributed by atoms with Gasteiger partial charge in [0.25, 0.3) is 5.91 Å². The van der Waals surface area contributed by atoms with Crippen molar-refractivity contribution in [2.24, 2.45) is 11.8 Å². The van der Waals surface area contributed by atoms with E-state index in [-0.39, 0.29) is 30.6 Å². The largest absolute Gasteiger partial charge is 0.490 e. The summed E-state index contributed by atoms with van der Waals surface area (Å²) in [5.41, 5.74) is 1.50. The van der Waals surface area contributed by atoms with Crippen LogP contribution in [0.2, 0.25) is 0 Å². The molecule has 2 aromatic rings. The van der Waals surface area contributed by atoms with Gasteiger partial charge in [0.05, 0.1) is 30.4 Å². The molecule has 1 saturated carbocycles. The number of aliphatic hydroxyl groups is 1. The lowest BCUT2D eigenvalue weighted by Crippen LogP contribution is -2.47. The molecule has 0 aromatic heterocycles. The van der Waals surface area contributed by atoms with Gasteiger partial charge in [-0.2, -0.15) is 0 Å². The zero-order chi connectivity index (χ0) is 32.2. The Labute approximate surface area is 269 Å². The number of carbonyl (C=O) groups is 2. The highest BCUT2D eigenvalue weighted by Crippen LogP contribution is 2.29. The van der Waals surface area contributed by atoms with E-state index < -0.39 is 12.1 Å². The molecular formula is C36H54N4O5. The molecule has 0 spiro atoms. The van der Waals surface area contributed by atoms with Gasteiger partial charge in [0.2, 0.25) is 0 Å². The number of fused-ring (bicyclic) bond motifs is 1. The SMILES string of the molecule is C[C@@H]1CCCCO[C@@H](CN(C)CC2CCCCC2)[C@@H](C)CN([C@H](C)CO)C(=O)c2cc(NC(=O)Nc3ccccc3)ccc2O1. The minimum absolute atomic E-state index is 0.0287. The summed E-state index contributed by atoms with van der Waals surface area (Å²) in [5.74, 6) is 0.993. The van der Waals surface area contributed by atoms with E-state index in [1.807, 2.05) is 44.2 Å². The topological polar surface area (TPSA) is 103 Å². The van der Waals surface area contributed by atoms with Crippen LogP contribution < -0.4 is 15.4 Å². The van der Waals surface area contributed by atoms with Gasteiger partial charge in [-0.1, -0.05) is 44.4 Å². The number of aliphatic hydroxyl groups excluding tert-OH is 1. The Balaban J connectivity index is 1.56. The third kappa shape index (κ3) is 10.7. The van der Waals surface area contributed by atoms with Gasteiger partial charge in [0.15, 0.2) is 0 Å². The first-order valence-electron chi connectivity index (χ1n) is 16.9. The van der Waals surface area contributed by atoms with Crippen molar-refractivity contribution in [1.29, 1.82) is 0 Å². The molecule has 0 saturated heterocycles. The van der Waals surface area contributed by atoms with Gasteiger partial charge in [-0.3, -0.25) is 4.79 Å². The number of hydrogen-bond donors (Lipinski definition) is 3. The number of carbonyl (C=O) groups excluding carboxylic acids is 2. The number of benzene rings is 2. The third-order valence-corrected chi connectivity index (χ3v) is 9.13. The number of rotatable bonds is 8. The number of urea groups is 1. The van der Waals surface area contributed by atoms with E-state index in [1.54, 1.807) is 23.1 Å². The molecule has 1 heterocycles. The van der Waals surface area contributed by atoms with E-state index in [1.165, 1.54) is 32.1 Å². The van der Waals surface area contributed by atoms with Crippen molar-refractivity contribution in [2.75, 3.05) is 50.5 Å². The molecule has 3 N–H and O–H groups in total. The predicted octanol–water partition coefficient (Wildman–Crippen LogP) is 6.64. The second kappa shape index (κ2) is 17.5. The van der Waals surface area contributed by atoms with Crippen LogP contribution in [0.3, 0.4) is 0 Å². The zero-order valence-corrected chi connectivity index (χ0v) is 27.7. The Morgan fingerprint density at radius 1 is 0.978 bits per heavy atom. The lowest BCUT2D eigenvalue weighted by molar-refractivity contribution is -0.0190. The average molecular weight is 623 g/mol. The summed E-state index contributed by atoms with van der Waals surface area (Å²) in [5, 5.41) is 15.9. The quantitative estimate of drug-likeness (QED) is 0.305. The first-order valence-corrected chi connectivity index (χ1v) is 16.9. The number of amides is 3. The Morgan fingerprint density at radius 3 is 2.42 bits per heavy atom. The summed E-state index contributed by atoms with van der Waals surface area (Å²) < 4.78 is 12.9. The summed E-state index contributed by atoms with van der Waals surface area (Å²) in [6.45, 7) is 8.79. The van der Waals surface area contributed by atoms with Crippen LogP contribution in [0.4, 0.5) is 16.2 Å². The van der Waals surface area contributed by atoms with Crippen LogP contribution >= 0.6 is 0 Å². The number of nitrogens with one attached hydrogen (secondary N) is 2. The minimum Gasteiger partial charge on any atom is -0.490 e. The van der Waals surface area contributed by atoms with Crippen LogP contribution in [0.5, 0.6) is 5.75 Å². The highest BCUT2D eigenvalue weighted by Gasteiger charge is 2.31. The van der Waals surface area contributed by atoms with E-state index >= 15 is 0 Å². The number of nitrogens with zero attached hydrogens (tertiary/aromatic N) is 2. The number of anilines is 2. The molecule has 0 unspecified atom stereocenters. The summed E-state index contributed by atoms with van der Waals surface area (Å²) in [4.78, 5) is 31.2. The molecule has 2 aromatic carbocycles. The van der Waals surface area contributed by atoms with Gasteiger partial charge in [-0.05, 0) is 89.2 Å². The van der Waals surface area contributed by atoms with Gasteiger partial charge in [0.1, 0.15) is 5.75 Å². The van der Waals surface area contributed by atoms with E-state index in [2.05, 4.69) is 29.5 Å². The Bertz CT molecular complexity index is 1210. The summed E-state index contributed by atoms with van der Waals surface area (Å²) in [7, 11) is 2.19. The van der Waals surface area contributed by atoms with Crippen molar-refractivity contribution < 1.29 is 24.2 Å². The second-order valence-corrected chi connectivity index (χ2v) is 13.2. The predicted molar refractivity (Wildman–Crippen MR) is 180 cm³/mol. The lowest BCUT2D eigenvalue weighted by Gasteiger charge is -2.36. The fourth-order valence-corrected chi connectivity index (χ4v) is 6.47. The van der Waals surface area contributed by atoms with Crippen LogP contribution in [0.15, 0.2) is 48.5 Å². The average Bonchev–Trinajstić information content (AvgIpc) is 3.03. The van der Waals surface area contributed by atoms with E-state index in [9.17, 15) is 14.7 Å².